The van der Waals surface area contributed by atoms with E-state index in [9.17, 15) is 14.4 Å². The third-order valence-corrected chi connectivity index (χ3v) is 5.30. The van der Waals surface area contributed by atoms with Crippen molar-refractivity contribution in [3.8, 4) is 0 Å². The molecule has 0 radical (unpaired) electrons. The van der Waals surface area contributed by atoms with Crippen molar-refractivity contribution in [2.75, 3.05) is 13.2 Å². The van der Waals surface area contributed by atoms with Crippen LogP contribution in [-0.4, -0.2) is 30.9 Å². The molecule has 1 saturated carbocycles. The molecule has 0 aromatic heterocycles. The molecular formula is C23H32O5. The molecule has 1 fully saturated rings. The number of hydrogen-bond donors (Lipinski definition) is 0. The second-order valence-electron chi connectivity index (χ2n) is 7.45. The normalized spacial score (nSPS) is 13.8. The first-order chi connectivity index (χ1) is 13.5. The van der Waals surface area contributed by atoms with Gasteiger partial charge in [-0.3, -0.25) is 14.4 Å². The highest BCUT2D eigenvalue weighted by molar-refractivity contribution is 6.06. The minimum Gasteiger partial charge on any atom is -0.465 e. The molecule has 1 aliphatic rings. The summed E-state index contributed by atoms with van der Waals surface area (Å²) in [5, 5.41) is 0. The van der Waals surface area contributed by atoms with Crippen LogP contribution in [0.1, 0.15) is 81.6 Å². The zero-order valence-electron chi connectivity index (χ0n) is 17.3. The van der Waals surface area contributed by atoms with Gasteiger partial charge in [-0.1, -0.05) is 57.9 Å². The van der Waals surface area contributed by atoms with E-state index in [2.05, 4.69) is 0 Å². The molecule has 0 bridgehead atoms. The van der Waals surface area contributed by atoms with E-state index >= 15 is 0 Å². The number of ether oxygens (including phenoxy) is 2. The highest BCUT2D eigenvalue weighted by Gasteiger charge is 2.49. The number of unbranched alkanes of at least 4 members (excludes halogenated alkanes) is 2. The van der Waals surface area contributed by atoms with E-state index in [1.807, 2.05) is 13.8 Å². The summed E-state index contributed by atoms with van der Waals surface area (Å²) in [6.45, 7) is 6.35. The van der Waals surface area contributed by atoms with Gasteiger partial charge in [-0.05, 0) is 37.7 Å². The first-order valence-electron chi connectivity index (χ1n) is 10.5. The summed E-state index contributed by atoms with van der Waals surface area (Å²) in [4.78, 5) is 38.3. The van der Waals surface area contributed by atoms with Crippen LogP contribution < -0.4 is 0 Å². The first kappa shape index (κ1) is 22.1. The van der Waals surface area contributed by atoms with Gasteiger partial charge in [-0.2, -0.15) is 0 Å². The van der Waals surface area contributed by atoms with E-state index in [1.54, 1.807) is 31.2 Å². The van der Waals surface area contributed by atoms with Crippen LogP contribution >= 0.6 is 0 Å². The predicted molar refractivity (Wildman–Crippen MR) is 107 cm³/mol. The highest BCUT2D eigenvalue weighted by Crippen LogP contribution is 2.35. The molecule has 0 saturated heterocycles. The van der Waals surface area contributed by atoms with E-state index in [0.717, 1.165) is 38.5 Å². The zero-order valence-corrected chi connectivity index (χ0v) is 17.3. The quantitative estimate of drug-likeness (QED) is 0.226. The van der Waals surface area contributed by atoms with Gasteiger partial charge in [-0.25, -0.2) is 0 Å². The average Bonchev–Trinajstić information content (AvgIpc) is 3.55. The number of benzene rings is 1. The third-order valence-electron chi connectivity index (χ3n) is 5.30. The summed E-state index contributed by atoms with van der Waals surface area (Å²) >= 11 is 0. The summed E-state index contributed by atoms with van der Waals surface area (Å²) in [5.41, 5.74) is -0.358. The van der Waals surface area contributed by atoms with Gasteiger partial charge in [0.05, 0.1) is 13.2 Å². The van der Waals surface area contributed by atoms with Gasteiger partial charge in [0.1, 0.15) is 0 Å². The van der Waals surface area contributed by atoms with E-state index in [1.165, 1.54) is 0 Å². The van der Waals surface area contributed by atoms with Gasteiger partial charge >= 0.3 is 11.9 Å². The number of rotatable bonds is 12. The number of hydrogen-bond acceptors (Lipinski definition) is 5. The van der Waals surface area contributed by atoms with Crippen LogP contribution in [0.2, 0.25) is 0 Å². The van der Waals surface area contributed by atoms with Gasteiger partial charge in [-0.15, -0.1) is 0 Å². The standard InChI is InChI=1S/C23H32O5/c1-4-7-15-27-21(25)23(6-3,22(26)28-16-8-5-2)19-13-11-18(12-14-19)20(24)17-9-10-17/h11-14,17H,4-10,15-16H2,1-3H3. The Labute approximate surface area is 167 Å². The Balaban J connectivity index is 2.30. The van der Waals surface area contributed by atoms with Crippen molar-refractivity contribution in [3.63, 3.8) is 0 Å². The van der Waals surface area contributed by atoms with Crippen LogP contribution in [0.25, 0.3) is 0 Å². The van der Waals surface area contributed by atoms with Crippen LogP contribution in [-0.2, 0) is 24.5 Å². The molecule has 1 aromatic rings. The van der Waals surface area contributed by atoms with Crippen LogP contribution in [0.4, 0.5) is 0 Å². The van der Waals surface area contributed by atoms with Crippen molar-refractivity contribution in [1.29, 1.82) is 0 Å². The maximum absolute atomic E-state index is 13.0. The molecule has 5 heteroatoms. The van der Waals surface area contributed by atoms with E-state index < -0.39 is 17.4 Å². The third kappa shape index (κ3) is 5.00. The summed E-state index contributed by atoms with van der Waals surface area (Å²) in [6.07, 6.45) is 5.38. The van der Waals surface area contributed by atoms with Gasteiger partial charge in [0.2, 0.25) is 0 Å². The molecule has 0 amide bonds. The minimum atomic E-state index is -1.50. The van der Waals surface area contributed by atoms with Gasteiger partial charge in [0.25, 0.3) is 0 Å². The Morgan fingerprint density at radius 3 is 1.79 bits per heavy atom. The molecule has 1 aromatic carbocycles. The Morgan fingerprint density at radius 1 is 0.893 bits per heavy atom. The van der Waals surface area contributed by atoms with Gasteiger partial charge < -0.3 is 9.47 Å². The Kier molecular flexibility index (Phi) is 8.21. The van der Waals surface area contributed by atoms with Crippen LogP contribution in [0.3, 0.4) is 0 Å². The smallest absolute Gasteiger partial charge is 0.328 e. The summed E-state index contributed by atoms with van der Waals surface area (Å²) in [5.74, 6) is -0.901. The lowest BCUT2D eigenvalue weighted by Crippen LogP contribution is -2.46. The van der Waals surface area contributed by atoms with Crippen molar-refractivity contribution in [1.82, 2.24) is 0 Å². The predicted octanol–water partition coefficient (Wildman–Crippen LogP) is 4.61. The summed E-state index contributed by atoms with van der Waals surface area (Å²) in [7, 11) is 0. The lowest BCUT2D eigenvalue weighted by Gasteiger charge is -2.29. The molecule has 0 atom stereocenters. The molecule has 5 nitrogen and oxygen atoms in total. The monoisotopic (exact) mass is 388 g/mol. The second-order valence-corrected chi connectivity index (χ2v) is 7.45. The number of esters is 2. The molecule has 1 aliphatic carbocycles. The fraction of sp³-hybridized carbons (Fsp3) is 0.609. The molecule has 0 unspecified atom stereocenters. The molecule has 0 N–H and O–H groups in total. The SMILES string of the molecule is CCCCOC(=O)C(CC)(C(=O)OCCCC)c1ccc(C(=O)C2CC2)cc1. The molecule has 28 heavy (non-hydrogen) atoms. The topological polar surface area (TPSA) is 69.7 Å². The number of Topliss-reactive ketones (excluding diaryl/α,β-unsaturated/α-hetero) is 1. The Hall–Kier alpha value is -2.17. The summed E-state index contributed by atoms with van der Waals surface area (Å²) < 4.78 is 10.9. The van der Waals surface area contributed by atoms with Crippen molar-refractivity contribution in [2.24, 2.45) is 5.92 Å². The Bertz CT molecular complexity index is 651. The van der Waals surface area contributed by atoms with E-state index in [4.69, 9.17) is 9.47 Å². The number of ketones is 1. The van der Waals surface area contributed by atoms with Crippen molar-refractivity contribution >= 4 is 17.7 Å². The minimum absolute atomic E-state index is 0.125. The molecule has 2 rings (SSSR count). The maximum Gasteiger partial charge on any atom is 0.328 e. The fourth-order valence-corrected chi connectivity index (χ4v) is 3.18. The lowest BCUT2D eigenvalue weighted by atomic mass is 9.77. The molecule has 0 aliphatic heterocycles. The van der Waals surface area contributed by atoms with Crippen LogP contribution in [0.15, 0.2) is 24.3 Å². The van der Waals surface area contributed by atoms with E-state index in [-0.39, 0.29) is 31.3 Å². The Morgan fingerprint density at radius 2 is 1.39 bits per heavy atom. The van der Waals surface area contributed by atoms with Crippen molar-refractivity contribution in [3.05, 3.63) is 35.4 Å². The van der Waals surface area contributed by atoms with E-state index in [0.29, 0.717) is 11.1 Å². The maximum atomic E-state index is 13.0. The largest absolute Gasteiger partial charge is 0.465 e. The first-order valence-corrected chi connectivity index (χ1v) is 10.5. The lowest BCUT2D eigenvalue weighted by molar-refractivity contribution is -0.165. The summed E-state index contributed by atoms with van der Waals surface area (Å²) in [6, 6.07) is 6.81. The molecular weight excluding hydrogens is 356 g/mol. The molecule has 154 valence electrons. The number of carbonyl (C=O) groups is 3. The molecule has 0 spiro atoms. The fourth-order valence-electron chi connectivity index (χ4n) is 3.18. The number of carbonyl (C=O) groups excluding carboxylic acids is 3. The van der Waals surface area contributed by atoms with Gasteiger partial charge in [0, 0.05) is 11.5 Å². The highest BCUT2D eigenvalue weighted by atomic mass is 16.6. The van der Waals surface area contributed by atoms with Crippen molar-refractivity contribution < 1.29 is 23.9 Å². The van der Waals surface area contributed by atoms with Gasteiger partial charge in [0.15, 0.2) is 11.2 Å². The second kappa shape index (κ2) is 10.4. The van der Waals surface area contributed by atoms with Crippen molar-refractivity contribution in [2.45, 2.75) is 71.1 Å². The molecule has 0 heterocycles. The average molecular weight is 389 g/mol. The van der Waals surface area contributed by atoms with Crippen LogP contribution in [0, 0.1) is 5.92 Å². The van der Waals surface area contributed by atoms with Crippen LogP contribution in [0.5, 0.6) is 0 Å². The zero-order chi connectivity index (χ0) is 20.6.